The smallest absolute Gasteiger partial charge is 0.328 e. The molecular formula is C12H22N4O7. The molecule has 3 amide bonds. The van der Waals surface area contributed by atoms with Crippen molar-refractivity contribution in [3.8, 4) is 0 Å². The van der Waals surface area contributed by atoms with Crippen molar-refractivity contribution >= 4 is 23.7 Å². The van der Waals surface area contributed by atoms with Gasteiger partial charge in [-0.1, -0.05) is 0 Å². The molecule has 0 aliphatic carbocycles. The molecule has 0 unspecified atom stereocenters. The van der Waals surface area contributed by atoms with E-state index < -0.39 is 61.1 Å². The van der Waals surface area contributed by atoms with E-state index in [1.807, 2.05) is 5.32 Å². The third-order valence-corrected chi connectivity index (χ3v) is 2.78. The number of hydrogen-bond donors (Lipinski definition) is 7. The minimum absolute atomic E-state index is 0.664. The van der Waals surface area contributed by atoms with Gasteiger partial charge in [-0.15, -0.1) is 0 Å². The quantitative estimate of drug-likeness (QED) is 0.221. The van der Waals surface area contributed by atoms with Gasteiger partial charge in [0.05, 0.1) is 19.3 Å². The largest absolute Gasteiger partial charge is 0.480 e. The predicted octanol–water partition coefficient (Wildman–Crippen LogP) is -4.12. The Morgan fingerprint density at radius 2 is 1.35 bits per heavy atom. The molecule has 0 aliphatic heterocycles. The highest BCUT2D eigenvalue weighted by atomic mass is 16.4. The Bertz CT molecular complexity index is 455. The first-order chi connectivity index (χ1) is 10.6. The zero-order chi connectivity index (χ0) is 18.2. The van der Waals surface area contributed by atoms with Crippen LogP contribution in [0.5, 0.6) is 0 Å². The fraction of sp³-hybridized carbons (Fsp3) is 0.667. The molecule has 0 radical (unpaired) electrons. The van der Waals surface area contributed by atoms with Gasteiger partial charge in [-0.2, -0.15) is 0 Å². The van der Waals surface area contributed by atoms with Crippen LogP contribution in [-0.2, 0) is 19.2 Å². The van der Waals surface area contributed by atoms with Gasteiger partial charge in [0, 0.05) is 0 Å². The maximum absolute atomic E-state index is 11.9. The average molecular weight is 334 g/mol. The monoisotopic (exact) mass is 334 g/mol. The molecular weight excluding hydrogens is 312 g/mol. The van der Waals surface area contributed by atoms with Crippen LogP contribution in [-0.4, -0.2) is 76.4 Å². The summed E-state index contributed by atoms with van der Waals surface area (Å²) in [5, 5.41) is 33.0. The lowest BCUT2D eigenvalue weighted by Gasteiger charge is -2.21. The van der Waals surface area contributed by atoms with Crippen molar-refractivity contribution in [2.24, 2.45) is 5.73 Å². The number of hydrogen-bond acceptors (Lipinski definition) is 7. The Morgan fingerprint density at radius 1 is 0.870 bits per heavy atom. The number of carboxylic acids is 1. The summed E-state index contributed by atoms with van der Waals surface area (Å²) in [6, 6.07) is -4.86. The number of aliphatic carboxylic acids is 1. The number of carbonyl (C=O) groups is 4. The molecule has 0 heterocycles. The van der Waals surface area contributed by atoms with Gasteiger partial charge in [0.15, 0.2) is 0 Å². The van der Waals surface area contributed by atoms with E-state index in [-0.39, 0.29) is 0 Å². The number of aliphatic hydroxyl groups excluding tert-OH is 2. The topological polar surface area (TPSA) is 191 Å². The van der Waals surface area contributed by atoms with Gasteiger partial charge in [-0.25, -0.2) is 4.79 Å². The minimum atomic E-state index is -1.51. The van der Waals surface area contributed by atoms with Gasteiger partial charge in [-0.3, -0.25) is 14.4 Å². The normalized spacial score (nSPS) is 15.7. The lowest BCUT2D eigenvalue weighted by atomic mass is 10.2. The zero-order valence-electron chi connectivity index (χ0n) is 12.8. The first-order valence-electron chi connectivity index (χ1n) is 6.75. The maximum atomic E-state index is 11.9. The lowest BCUT2D eigenvalue weighted by Crippen LogP contribution is -2.57. The van der Waals surface area contributed by atoms with Crippen LogP contribution in [0.15, 0.2) is 0 Å². The molecule has 0 aromatic rings. The number of nitrogens with one attached hydrogen (secondary N) is 3. The van der Waals surface area contributed by atoms with Crippen molar-refractivity contribution in [2.45, 2.75) is 38.0 Å². The van der Waals surface area contributed by atoms with E-state index >= 15 is 0 Å². The van der Waals surface area contributed by atoms with Gasteiger partial charge in [0.2, 0.25) is 17.7 Å². The number of amides is 3. The Balaban J connectivity index is 4.64. The molecule has 23 heavy (non-hydrogen) atoms. The molecule has 11 heteroatoms. The average Bonchev–Trinajstić information content (AvgIpc) is 2.48. The van der Waals surface area contributed by atoms with E-state index in [4.69, 9.17) is 21.1 Å². The molecule has 4 atom stereocenters. The van der Waals surface area contributed by atoms with E-state index in [0.717, 1.165) is 0 Å². The third kappa shape index (κ3) is 7.04. The van der Waals surface area contributed by atoms with Crippen molar-refractivity contribution < 1.29 is 34.5 Å². The van der Waals surface area contributed by atoms with Crippen molar-refractivity contribution in [1.29, 1.82) is 0 Å². The fourth-order valence-corrected chi connectivity index (χ4v) is 1.36. The van der Waals surface area contributed by atoms with Gasteiger partial charge >= 0.3 is 5.97 Å². The fourth-order valence-electron chi connectivity index (χ4n) is 1.36. The molecule has 0 saturated heterocycles. The summed E-state index contributed by atoms with van der Waals surface area (Å²) in [5.41, 5.74) is 5.32. The van der Waals surface area contributed by atoms with Crippen LogP contribution < -0.4 is 21.7 Å². The molecule has 0 aromatic heterocycles. The van der Waals surface area contributed by atoms with E-state index in [2.05, 4.69) is 10.6 Å². The Labute approximate surface area is 132 Å². The Morgan fingerprint density at radius 3 is 1.74 bits per heavy atom. The summed E-state index contributed by atoms with van der Waals surface area (Å²) in [6.07, 6.45) is 0. The molecule has 0 fully saturated rings. The van der Waals surface area contributed by atoms with Crippen LogP contribution in [0.4, 0.5) is 0 Å². The van der Waals surface area contributed by atoms with Gasteiger partial charge < -0.3 is 37.0 Å². The first kappa shape index (κ1) is 20.8. The number of nitrogens with two attached hydrogens (primary N) is 1. The second-order valence-corrected chi connectivity index (χ2v) is 4.84. The zero-order valence-corrected chi connectivity index (χ0v) is 12.8. The summed E-state index contributed by atoms with van der Waals surface area (Å²) in [6.45, 7) is 1.13. The second-order valence-electron chi connectivity index (χ2n) is 4.84. The molecule has 0 spiro atoms. The van der Waals surface area contributed by atoms with Crippen molar-refractivity contribution in [3.63, 3.8) is 0 Å². The number of rotatable bonds is 9. The molecule has 0 bridgehead atoms. The van der Waals surface area contributed by atoms with Crippen molar-refractivity contribution in [3.05, 3.63) is 0 Å². The maximum Gasteiger partial charge on any atom is 0.328 e. The van der Waals surface area contributed by atoms with Crippen molar-refractivity contribution in [1.82, 2.24) is 16.0 Å². The number of aliphatic hydroxyl groups is 2. The highest BCUT2D eigenvalue weighted by Crippen LogP contribution is 1.91. The summed E-state index contributed by atoms with van der Waals surface area (Å²) < 4.78 is 0. The summed E-state index contributed by atoms with van der Waals surface area (Å²) in [5.74, 6) is -3.80. The van der Waals surface area contributed by atoms with Crippen LogP contribution >= 0.6 is 0 Å². The van der Waals surface area contributed by atoms with E-state index in [0.29, 0.717) is 0 Å². The molecule has 8 N–H and O–H groups in total. The second kappa shape index (κ2) is 9.71. The number of carboxylic acid groups (broad SMARTS) is 1. The van der Waals surface area contributed by atoms with Crippen LogP contribution in [0.2, 0.25) is 0 Å². The van der Waals surface area contributed by atoms with E-state index in [9.17, 15) is 19.2 Å². The molecule has 132 valence electrons. The molecule has 0 saturated carbocycles. The minimum Gasteiger partial charge on any atom is -0.480 e. The summed E-state index contributed by atoms with van der Waals surface area (Å²) in [7, 11) is 0. The van der Waals surface area contributed by atoms with E-state index in [1.165, 1.54) is 13.8 Å². The van der Waals surface area contributed by atoms with Gasteiger partial charge in [0.1, 0.15) is 18.1 Å². The Kier molecular flexibility index (Phi) is 8.77. The van der Waals surface area contributed by atoms with Crippen LogP contribution in [0.1, 0.15) is 13.8 Å². The summed E-state index contributed by atoms with van der Waals surface area (Å²) >= 11 is 0. The highest BCUT2D eigenvalue weighted by molar-refractivity contribution is 5.93. The molecule has 0 aromatic carbocycles. The van der Waals surface area contributed by atoms with E-state index in [1.54, 1.807) is 0 Å². The predicted molar refractivity (Wildman–Crippen MR) is 76.9 cm³/mol. The van der Waals surface area contributed by atoms with Gasteiger partial charge in [-0.05, 0) is 13.8 Å². The van der Waals surface area contributed by atoms with Crippen LogP contribution in [0, 0.1) is 0 Å². The lowest BCUT2D eigenvalue weighted by molar-refractivity contribution is -0.143. The van der Waals surface area contributed by atoms with Crippen molar-refractivity contribution in [2.75, 3.05) is 13.2 Å². The Hall–Kier alpha value is -2.24. The first-order valence-corrected chi connectivity index (χ1v) is 6.75. The SMILES string of the molecule is C[C@H](N)C(=O)N[C@@H](CO)C(=O)N[C@@H](C)C(=O)N[C@@H](CO)C(=O)O. The van der Waals surface area contributed by atoms with Crippen LogP contribution in [0.3, 0.4) is 0 Å². The molecule has 11 nitrogen and oxygen atoms in total. The number of carbonyl (C=O) groups excluding carboxylic acids is 3. The highest BCUT2D eigenvalue weighted by Gasteiger charge is 2.27. The molecule has 0 aliphatic rings. The summed E-state index contributed by atoms with van der Waals surface area (Å²) in [4.78, 5) is 45.7. The third-order valence-electron chi connectivity index (χ3n) is 2.78. The van der Waals surface area contributed by atoms with Gasteiger partial charge in [0.25, 0.3) is 0 Å². The van der Waals surface area contributed by atoms with Crippen LogP contribution in [0.25, 0.3) is 0 Å². The standard InChI is InChI=1S/C12H22N4O7/c1-5(13)9(19)15-7(3-17)11(21)14-6(2)10(20)16-8(4-18)12(22)23/h5-8,17-18H,3-4,13H2,1-2H3,(H,14,21)(H,15,19)(H,16,20)(H,22,23)/t5-,6-,7-,8-/m0/s1. The molecule has 0 rings (SSSR count).